The minimum atomic E-state index is -0.0308. The zero-order valence-corrected chi connectivity index (χ0v) is 10.5. The summed E-state index contributed by atoms with van der Waals surface area (Å²) in [7, 11) is 1.78. The first-order valence-electron chi connectivity index (χ1n) is 5.17. The topological polar surface area (TPSA) is 89.8 Å². The first kappa shape index (κ1) is 12.4. The third-order valence-corrected chi connectivity index (χ3v) is 2.70. The number of aromatic nitrogens is 3. The highest BCUT2D eigenvalue weighted by atomic mass is 35.5. The minimum absolute atomic E-state index is 0.0308. The maximum absolute atomic E-state index is 7.30. The number of halogens is 1. The Morgan fingerprint density at radius 1 is 1.56 bits per heavy atom. The van der Waals surface area contributed by atoms with Gasteiger partial charge in [-0.25, -0.2) is 4.98 Å². The molecule has 0 fully saturated rings. The van der Waals surface area contributed by atoms with E-state index in [1.54, 1.807) is 29.9 Å². The Hall–Kier alpha value is -2.08. The summed E-state index contributed by atoms with van der Waals surface area (Å²) in [4.78, 5) is 4.04. The molecule has 0 spiro atoms. The standard InChI is InChI=1S/C11H12ClN5O/c1-17-10(15-6-16-17)5-18-9-3-2-7(11(13)14)4-8(9)12/h2-4,6H,5H2,1H3,(H3,13,14). The molecule has 0 bridgehead atoms. The summed E-state index contributed by atoms with van der Waals surface area (Å²) in [6.45, 7) is 0.273. The number of hydrogen-bond donors (Lipinski definition) is 2. The van der Waals surface area contributed by atoms with Crippen molar-refractivity contribution in [1.29, 1.82) is 5.41 Å². The average molecular weight is 266 g/mol. The van der Waals surface area contributed by atoms with Crippen LogP contribution in [0.25, 0.3) is 0 Å². The molecule has 0 aliphatic carbocycles. The van der Waals surface area contributed by atoms with Gasteiger partial charge in [0.2, 0.25) is 0 Å². The van der Waals surface area contributed by atoms with Gasteiger partial charge in [-0.15, -0.1) is 0 Å². The van der Waals surface area contributed by atoms with Crippen molar-refractivity contribution in [3.63, 3.8) is 0 Å². The zero-order valence-electron chi connectivity index (χ0n) is 9.72. The van der Waals surface area contributed by atoms with Crippen molar-refractivity contribution in [3.8, 4) is 5.75 Å². The number of aryl methyl sites for hydroxylation is 1. The van der Waals surface area contributed by atoms with Crippen LogP contribution in [0.5, 0.6) is 5.75 Å². The summed E-state index contributed by atoms with van der Waals surface area (Å²) in [6, 6.07) is 4.95. The van der Waals surface area contributed by atoms with Crippen LogP contribution in [-0.2, 0) is 13.7 Å². The van der Waals surface area contributed by atoms with Crippen molar-refractivity contribution < 1.29 is 4.74 Å². The number of rotatable bonds is 4. The number of ether oxygens (including phenoxy) is 1. The number of nitrogens with one attached hydrogen (secondary N) is 1. The van der Waals surface area contributed by atoms with Crippen LogP contribution in [0, 0.1) is 5.41 Å². The molecular formula is C11H12ClN5O. The fourth-order valence-corrected chi connectivity index (χ4v) is 1.61. The molecule has 0 aliphatic rings. The lowest BCUT2D eigenvalue weighted by Gasteiger charge is -2.08. The molecule has 0 saturated carbocycles. The Morgan fingerprint density at radius 2 is 2.33 bits per heavy atom. The normalized spacial score (nSPS) is 10.3. The quantitative estimate of drug-likeness (QED) is 0.645. The number of nitrogens with two attached hydrogens (primary N) is 1. The number of nitrogens with zero attached hydrogens (tertiary/aromatic N) is 3. The Bertz CT molecular complexity index is 581. The molecular weight excluding hydrogens is 254 g/mol. The highest BCUT2D eigenvalue weighted by Gasteiger charge is 2.07. The van der Waals surface area contributed by atoms with Gasteiger partial charge in [0.1, 0.15) is 24.5 Å². The second-order valence-electron chi connectivity index (χ2n) is 3.65. The van der Waals surface area contributed by atoms with Gasteiger partial charge in [-0.2, -0.15) is 5.10 Å². The van der Waals surface area contributed by atoms with Crippen LogP contribution >= 0.6 is 11.6 Å². The maximum atomic E-state index is 7.30. The highest BCUT2D eigenvalue weighted by molar-refractivity contribution is 6.32. The second-order valence-corrected chi connectivity index (χ2v) is 4.05. The third kappa shape index (κ3) is 2.60. The van der Waals surface area contributed by atoms with Crippen molar-refractivity contribution in [2.75, 3.05) is 0 Å². The van der Waals surface area contributed by atoms with E-state index in [0.717, 1.165) is 0 Å². The van der Waals surface area contributed by atoms with Crippen molar-refractivity contribution in [2.24, 2.45) is 12.8 Å². The van der Waals surface area contributed by atoms with E-state index in [1.807, 2.05) is 0 Å². The number of nitrogen functional groups attached to an aromatic ring is 1. The SMILES string of the molecule is Cn1ncnc1COc1ccc(C(=N)N)cc1Cl. The van der Waals surface area contributed by atoms with Crippen molar-refractivity contribution in [1.82, 2.24) is 14.8 Å². The molecule has 18 heavy (non-hydrogen) atoms. The molecule has 6 nitrogen and oxygen atoms in total. The molecule has 2 rings (SSSR count). The monoisotopic (exact) mass is 265 g/mol. The summed E-state index contributed by atoms with van der Waals surface area (Å²) in [5, 5.41) is 11.6. The van der Waals surface area contributed by atoms with Gasteiger partial charge >= 0.3 is 0 Å². The molecule has 0 atom stereocenters. The molecule has 94 valence electrons. The van der Waals surface area contributed by atoms with Crippen LogP contribution < -0.4 is 10.5 Å². The summed E-state index contributed by atoms with van der Waals surface area (Å²) in [5.74, 6) is 1.18. The molecule has 0 saturated heterocycles. The Labute approximate surface area is 109 Å². The molecule has 0 amide bonds. The molecule has 0 radical (unpaired) electrons. The van der Waals surface area contributed by atoms with E-state index in [4.69, 9.17) is 27.5 Å². The summed E-state index contributed by atoms with van der Waals surface area (Å²) < 4.78 is 7.15. The highest BCUT2D eigenvalue weighted by Crippen LogP contribution is 2.25. The van der Waals surface area contributed by atoms with Gasteiger partial charge in [0, 0.05) is 12.6 Å². The first-order chi connectivity index (χ1) is 8.58. The van der Waals surface area contributed by atoms with Crippen LogP contribution in [-0.4, -0.2) is 20.6 Å². The van der Waals surface area contributed by atoms with E-state index in [1.165, 1.54) is 6.33 Å². The second kappa shape index (κ2) is 5.05. The van der Waals surface area contributed by atoms with Gasteiger partial charge in [0.25, 0.3) is 0 Å². The molecule has 1 aromatic heterocycles. The van der Waals surface area contributed by atoms with Crippen LogP contribution in [0.4, 0.5) is 0 Å². The molecule has 7 heteroatoms. The lowest BCUT2D eigenvalue weighted by Crippen LogP contribution is -2.11. The van der Waals surface area contributed by atoms with Crippen molar-refractivity contribution >= 4 is 17.4 Å². The summed E-state index contributed by atoms with van der Waals surface area (Å²) in [6.07, 6.45) is 1.46. The van der Waals surface area contributed by atoms with Gasteiger partial charge < -0.3 is 10.5 Å². The van der Waals surface area contributed by atoms with Crippen LogP contribution in [0.3, 0.4) is 0 Å². The Balaban J connectivity index is 2.11. The fourth-order valence-electron chi connectivity index (χ4n) is 1.38. The van der Waals surface area contributed by atoms with E-state index in [0.29, 0.717) is 22.2 Å². The number of hydrogen-bond acceptors (Lipinski definition) is 4. The average Bonchev–Trinajstić information content (AvgIpc) is 2.73. The predicted molar refractivity (Wildman–Crippen MR) is 67.8 cm³/mol. The van der Waals surface area contributed by atoms with E-state index in [9.17, 15) is 0 Å². The largest absolute Gasteiger partial charge is 0.484 e. The van der Waals surface area contributed by atoms with Gasteiger partial charge in [-0.05, 0) is 18.2 Å². The van der Waals surface area contributed by atoms with Gasteiger partial charge in [0.15, 0.2) is 5.82 Å². The van der Waals surface area contributed by atoms with Crippen LogP contribution in [0.2, 0.25) is 5.02 Å². The lowest BCUT2D eigenvalue weighted by atomic mass is 10.2. The number of amidine groups is 1. The molecule has 0 aliphatic heterocycles. The Morgan fingerprint density at radius 3 is 2.89 bits per heavy atom. The molecule has 1 aromatic carbocycles. The van der Waals surface area contributed by atoms with Crippen molar-refractivity contribution in [2.45, 2.75) is 6.61 Å². The molecule has 1 heterocycles. The lowest BCUT2D eigenvalue weighted by molar-refractivity contribution is 0.290. The van der Waals surface area contributed by atoms with Gasteiger partial charge in [-0.3, -0.25) is 10.1 Å². The zero-order chi connectivity index (χ0) is 13.1. The fraction of sp³-hybridized carbons (Fsp3) is 0.182. The van der Waals surface area contributed by atoms with Gasteiger partial charge in [0.05, 0.1) is 5.02 Å². The molecule has 3 N–H and O–H groups in total. The van der Waals surface area contributed by atoms with E-state index < -0.39 is 0 Å². The smallest absolute Gasteiger partial charge is 0.164 e. The van der Waals surface area contributed by atoms with E-state index in [2.05, 4.69) is 10.1 Å². The predicted octanol–water partition coefficient (Wildman–Crippen LogP) is 1.33. The third-order valence-electron chi connectivity index (χ3n) is 2.40. The minimum Gasteiger partial charge on any atom is -0.484 e. The Kier molecular flexibility index (Phi) is 3.47. The first-order valence-corrected chi connectivity index (χ1v) is 5.55. The molecule has 2 aromatic rings. The van der Waals surface area contributed by atoms with Crippen LogP contribution in [0.1, 0.15) is 11.4 Å². The molecule has 0 unspecified atom stereocenters. The van der Waals surface area contributed by atoms with Crippen molar-refractivity contribution in [3.05, 3.63) is 40.9 Å². The summed E-state index contributed by atoms with van der Waals surface area (Å²) >= 11 is 6.03. The van der Waals surface area contributed by atoms with E-state index >= 15 is 0 Å². The van der Waals surface area contributed by atoms with Crippen LogP contribution in [0.15, 0.2) is 24.5 Å². The van der Waals surface area contributed by atoms with Gasteiger partial charge in [-0.1, -0.05) is 11.6 Å². The maximum Gasteiger partial charge on any atom is 0.164 e. The van der Waals surface area contributed by atoms with E-state index in [-0.39, 0.29) is 12.4 Å². The number of benzene rings is 1. The summed E-state index contributed by atoms with van der Waals surface area (Å²) in [5.41, 5.74) is 5.93.